The fourth-order valence-corrected chi connectivity index (χ4v) is 2.59. The molecule has 0 aliphatic rings. The number of amidine groups is 1. The predicted octanol–water partition coefficient (Wildman–Crippen LogP) is 4.23. The van der Waals surface area contributed by atoms with Crippen LogP contribution >= 0.6 is 23.4 Å². The molecular formula is C15H15ClN2OS. The summed E-state index contributed by atoms with van der Waals surface area (Å²) in [6.45, 7) is 0. The maximum Gasteiger partial charge on any atom is 0.159 e. The summed E-state index contributed by atoms with van der Waals surface area (Å²) < 4.78 is 5.09. The van der Waals surface area contributed by atoms with Crippen molar-refractivity contribution in [3.05, 3.63) is 59.1 Å². The first kappa shape index (κ1) is 14.8. The van der Waals surface area contributed by atoms with E-state index in [1.54, 1.807) is 7.11 Å². The molecule has 2 aromatic carbocycles. The molecule has 0 saturated heterocycles. The molecule has 0 aromatic heterocycles. The monoisotopic (exact) mass is 306 g/mol. The summed E-state index contributed by atoms with van der Waals surface area (Å²) in [5.41, 5.74) is 7.76. The second kappa shape index (κ2) is 7.22. The molecule has 0 amide bonds. The molecule has 0 radical (unpaired) electrons. The molecule has 2 N–H and O–H groups in total. The average molecular weight is 307 g/mol. The van der Waals surface area contributed by atoms with Crippen LogP contribution in [0.2, 0.25) is 5.02 Å². The Kier molecular flexibility index (Phi) is 5.32. The van der Waals surface area contributed by atoms with Gasteiger partial charge in [-0.2, -0.15) is 0 Å². The Morgan fingerprint density at radius 3 is 2.55 bits per heavy atom. The summed E-state index contributed by atoms with van der Waals surface area (Å²) in [4.78, 5) is 4.34. The summed E-state index contributed by atoms with van der Waals surface area (Å²) in [5, 5.41) is 1.26. The Labute approximate surface area is 127 Å². The summed E-state index contributed by atoms with van der Waals surface area (Å²) in [5.74, 6) is 1.50. The van der Waals surface area contributed by atoms with Crippen LogP contribution in [-0.2, 0) is 5.75 Å². The van der Waals surface area contributed by atoms with Gasteiger partial charge in [-0.1, -0.05) is 41.6 Å². The zero-order chi connectivity index (χ0) is 14.4. The molecule has 104 valence electrons. The zero-order valence-corrected chi connectivity index (χ0v) is 12.6. The van der Waals surface area contributed by atoms with Crippen molar-refractivity contribution in [3.8, 4) is 5.75 Å². The van der Waals surface area contributed by atoms with E-state index in [2.05, 4.69) is 4.99 Å². The van der Waals surface area contributed by atoms with Crippen molar-refractivity contribution in [3.63, 3.8) is 0 Å². The number of aliphatic imine (C=N–C) groups is 1. The summed E-state index contributed by atoms with van der Waals surface area (Å²) >= 11 is 7.55. The summed E-state index contributed by atoms with van der Waals surface area (Å²) in [6.07, 6.45) is 0. The van der Waals surface area contributed by atoms with E-state index in [9.17, 15) is 0 Å². The van der Waals surface area contributed by atoms with E-state index >= 15 is 0 Å². The fourth-order valence-electron chi connectivity index (χ4n) is 1.58. The van der Waals surface area contributed by atoms with Gasteiger partial charge in [-0.15, -0.1) is 0 Å². The molecule has 0 spiro atoms. The lowest BCUT2D eigenvalue weighted by molar-refractivity contribution is 0.415. The Morgan fingerprint density at radius 1 is 1.20 bits per heavy atom. The largest absolute Gasteiger partial charge is 0.497 e. The van der Waals surface area contributed by atoms with Crippen molar-refractivity contribution in [1.82, 2.24) is 0 Å². The van der Waals surface area contributed by atoms with Crippen molar-refractivity contribution in [1.29, 1.82) is 0 Å². The molecule has 0 aliphatic carbocycles. The number of rotatable bonds is 4. The Bertz CT molecular complexity index is 599. The van der Waals surface area contributed by atoms with Gasteiger partial charge in [0.2, 0.25) is 0 Å². The Hall–Kier alpha value is -1.65. The highest BCUT2D eigenvalue weighted by Crippen LogP contribution is 2.23. The van der Waals surface area contributed by atoms with Crippen LogP contribution in [0, 0.1) is 0 Å². The van der Waals surface area contributed by atoms with Crippen molar-refractivity contribution in [2.75, 3.05) is 7.11 Å². The topological polar surface area (TPSA) is 47.6 Å². The van der Waals surface area contributed by atoms with Crippen LogP contribution in [0.4, 0.5) is 5.69 Å². The van der Waals surface area contributed by atoms with Crippen LogP contribution in [0.3, 0.4) is 0 Å². The van der Waals surface area contributed by atoms with E-state index in [0.717, 1.165) is 22.0 Å². The third-order valence-corrected chi connectivity index (χ3v) is 3.86. The molecule has 2 rings (SSSR count). The number of halogens is 1. The SMILES string of the molecule is COc1ccc(N=C(N)SCc2ccccc2Cl)cc1. The van der Waals surface area contributed by atoms with Gasteiger partial charge in [0.05, 0.1) is 12.8 Å². The number of benzene rings is 2. The van der Waals surface area contributed by atoms with E-state index in [1.165, 1.54) is 11.8 Å². The number of hydrogen-bond acceptors (Lipinski definition) is 3. The molecule has 5 heteroatoms. The van der Waals surface area contributed by atoms with Crippen molar-refractivity contribution >= 4 is 34.2 Å². The zero-order valence-electron chi connectivity index (χ0n) is 11.0. The van der Waals surface area contributed by atoms with E-state index in [1.807, 2.05) is 48.5 Å². The smallest absolute Gasteiger partial charge is 0.159 e. The van der Waals surface area contributed by atoms with E-state index in [-0.39, 0.29) is 0 Å². The maximum atomic E-state index is 6.09. The minimum absolute atomic E-state index is 0.509. The second-order valence-corrected chi connectivity index (χ2v) is 5.43. The van der Waals surface area contributed by atoms with Crippen LogP contribution in [0.1, 0.15) is 5.56 Å². The van der Waals surface area contributed by atoms with Crippen LogP contribution in [0.5, 0.6) is 5.75 Å². The molecule has 3 nitrogen and oxygen atoms in total. The van der Waals surface area contributed by atoms with Gasteiger partial charge in [-0.25, -0.2) is 4.99 Å². The summed E-state index contributed by atoms with van der Waals surface area (Å²) in [6, 6.07) is 15.1. The van der Waals surface area contributed by atoms with Gasteiger partial charge in [0.1, 0.15) is 5.75 Å². The third kappa shape index (κ3) is 4.18. The van der Waals surface area contributed by atoms with Gasteiger partial charge >= 0.3 is 0 Å². The number of hydrogen-bond donors (Lipinski definition) is 1. The molecule has 0 fully saturated rings. The van der Waals surface area contributed by atoms with Gasteiger partial charge in [0, 0.05) is 10.8 Å². The highest BCUT2D eigenvalue weighted by molar-refractivity contribution is 8.13. The predicted molar refractivity (Wildman–Crippen MR) is 87.0 cm³/mol. The number of methoxy groups -OCH3 is 1. The Balaban J connectivity index is 1.98. The van der Waals surface area contributed by atoms with Crippen molar-refractivity contribution in [2.24, 2.45) is 10.7 Å². The molecule has 0 unspecified atom stereocenters. The fraction of sp³-hybridized carbons (Fsp3) is 0.133. The number of thioether (sulfide) groups is 1. The van der Waals surface area contributed by atoms with E-state index < -0.39 is 0 Å². The molecule has 0 saturated carbocycles. The molecular weight excluding hydrogens is 292 g/mol. The summed E-state index contributed by atoms with van der Waals surface area (Å²) in [7, 11) is 1.63. The quantitative estimate of drug-likeness (QED) is 0.679. The first-order chi connectivity index (χ1) is 9.69. The van der Waals surface area contributed by atoms with Gasteiger partial charge in [-0.3, -0.25) is 0 Å². The number of ether oxygens (including phenoxy) is 1. The third-order valence-electron chi connectivity index (χ3n) is 2.65. The molecule has 20 heavy (non-hydrogen) atoms. The van der Waals surface area contributed by atoms with Crippen LogP contribution < -0.4 is 10.5 Å². The lowest BCUT2D eigenvalue weighted by Crippen LogP contribution is -2.06. The first-order valence-corrected chi connectivity index (χ1v) is 7.40. The normalized spacial score (nSPS) is 11.4. The first-order valence-electron chi connectivity index (χ1n) is 6.03. The lowest BCUT2D eigenvalue weighted by atomic mass is 10.2. The number of nitrogens with zero attached hydrogens (tertiary/aromatic N) is 1. The minimum atomic E-state index is 0.509. The average Bonchev–Trinajstić information content (AvgIpc) is 2.47. The molecule has 0 aliphatic heterocycles. The number of nitrogens with two attached hydrogens (primary N) is 1. The molecule has 0 atom stereocenters. The van der Waals surface area contributed by atoms with Gasteiger partial charge in [0.15, 0.2) is 5.17 Å². The van der Waals surface area contributed by atoms with Gasteiger partial charge in [0.25, 0.3) is 0 Å². The van der Waals surface area contributed by atoms with Crippen LogP contribution in [0.15, 0.2) is 53.5 Å². The second-order valence-electron chi connectivity index (χ2n) is 4.03. The van der Waals surface area contributed by atoms with Crippen molar-refractivity contribution in [2.45, 2.75) is 5.75 Å². The van der Waals surface area contributed by atoms with Gasteiger partial charge in [-0.05, 0) is 35.9 Å². The van der Waals surface area contributed by atoms with E-state index in [0.29, 0.717) is 10.9 Å². The van der Waals surface area contributed by atoms with Crippen LogP contribution in [-0.4, -0.2) is 12.3 Å². The standard InChI is InChI=1S/C15H15ClN2OS/c1-19-13-8-6-12(7-9-13)18-15(17)20-10-11-4-2-3-5-14(11)16/h2-9H,10H2,1H3,(H2,17,18). The van der Waals surface area contributed by atoms with Crippen molar-refractivity contribution < 1.29 is 4.74 Å². The van der Waals surface area contributed by atoms with Gasteiger partial charge < -0.3 is 10.5 Å². The van der Waals surface area contributed by atoms with Crippen LogP contribution in [0.25, 0.3) is 0 Å². The highest BCUT2D eigenvalue weighted by atomic mass is 35.5. The highest BCUT2D eigenvalue weighted by Gasteiger charge is 2.01. The molecule has 0 bridgehead atoms. The van der Waals surface area contributed by atoms with E-state index in [4.69, 9.17) is 22.1 Å². The lowest BCUT2D eigenvalue weighted by Gasteiger charge is -2.04. The molecule has 2 aromatic rings. The Morgan fingerprint density at radius 2 is 1.90 bits per heavy atom. The maximum absolute atomic E-state index is 6.09. The molecule has 0 heterocycles. The minimum Gasteiger partial charge on any atom is -0.497 e.